The fourth-order valence-corrected chi connectivity index (χ4v) is 4.43. The van der Waals surface area contributed by atoms with Gasteiger partial charge in [-0.1, -0.05) is 51.5 Å². The minimum absolute atomic E-state index is 0.329. The number of amides is 1. The standard InChI is InChI=1S/C24H20BrN3O3S/c1-15-7-12-19-21(13-15)32-24(27-19)28(26-14-16-8-10-17(25)11-9-16)23(29)18-5-4-6-20(30-2)22(18)31-3/h4-14H,1-3H3/b26-14+. The summed E-state index contributed by atoms with van der Waals surface area (Å²) in [4.78, 5) is 18.3. The van der Waals surface area contributed by atoms with Crippen LogP contribution >= 0.6 is 27.3 Å². The number of hydrogen-bond donors (Lipinski definition) is 0. The first-order valence-corrected chi connectivity index (χ1v) is 11.3. The number of halogens is 1. The average molecular weight is 510 g/mol. The Morgan fingerprint density at radius 2 is 1.88 bits per heavy atom. The molecule has 0 unspecified atom stereocenters. The number of rotatable bonds is 6. The van der Waals surface area contributed by atoms with Crippen LogP contribution in [0.1, 0.15) is 21.5 Å². The number of fused-ring (bicyclic) bond motifs is 1. The molecule has 0 atom stereocenters. The molecule has 4 aromatic rings. The number of benzene rings is 3. The third kappa shape index (κ3) is 4.51. The lowest BCUT2D eigenvalue weighted by atomic mass is 10.1. The van der Waals surface area contributed by atoms with Gasteiger partial charge in [0.1, 0.15) is 0 Å². The van der Waals surface area contributed by atoms with Gasteiger partial charge in [0.2, 0.25) is 5.13 Å². The van der Waals surface area contributed by atoms with Crippen molar-refractivity contribution in [2.24, 2.45) is 5.10 Å². The number of carbonyl (C=O) groups is 1. The van der Waals surface area contributed by atoms with Gasteiger partial charge in [0.05, 0.1) is 36.2 Å². The van der Waals surface area contributed by atoms with Crippen molar-refractivity contribution < 1.29 is 14.3 Å². The van der Waals surface area contributed by atoms with Crippen molar-refractivity contribution in [3.8, 4) is 11.5 Å². The number of hydrogen-bond acceptors (Lipinski definition) is 6. The third-order valence-corrected chi connectivity index (χ3v) is 6.25. The topological polar surface area (TPSA) is 64.0 Å². The summed E-state index contributed by atoms with van der Waals surface area (Å²) in [5, 5.41) is 6.29. The van der Waals surface area contributed by atoms with Gasteiger partial charge in [0, 0.05) is 4.47 Å². The van der Waals surface area contributed by atoms with Gasteiger partial charge in [-0.05, 0) is 54.4 Å². The van der Waals surface area contributed by atoms with Crippen LogP contribution in [0.3, 0.4) is 0 Å². The molecule has 0 aliphatic rings. The van der Waals surface area contributed by atoms with Crippen LogP contribution in [0.4, 0.5) is 5.13 Å². The zero-order chi connectivity index (χ0) is 22.7. The van der Waals surface area contributed by atoms with Crippen LogP contribution in [-0.4, -0.2) is 31.3 Å². The first kappa shape index (κ1) is 22.0. The van der Waals surface area contributed by atoms with Crippen LogP contribution in [0, 0.1) is 6.92 Å². The Bertz CT molecular complexity index is 1300. The lowest BCUT2D eigenvalue weighted by Crippen LogP contribution is -2.26. The number of methoxy groups -OCH3 is 2. The Hall–Kier alpha value is -3.23. The summed E-state index contributed by atoms with van der Waals surface area (Å²) in [6.07, 6.45) is 1.63. The summed E-state index contributed by atoms with van der Waals surface area (Å²) in [6.45, 7) is 2.02. The molecule has 0 saturated carbocycles. The molecule has 0 radical (unpaired) electrons. The minimum Gasteiger partial charge on any atom is -0.493 e. The molecular formula is C24H20BrN3O3S. The van der Waals surface area contributed by atoms with Crippen molar-refractivity contribution in [2.75, 3.05) is 19.2 Å². The maximum Gasteiger partial charge on any atom is 0.284 e. The van der Waals surface area contributed by atoms with Crippen molar-refractivity contribution in [3.05, 3.63) is 81.8 Å². The highest BCUT2D eigenvalue weighted by molar-refractivity contribution is 9.10. The molecule has 1 amide bonds. The molecule has 8 heteroatoms. The molecule has 0 spiro atoms. The van der Waals surface area contributed by atoms with E-state index in [9.17, 15) is 4.79 Å². The predicted molar refractivity (Wildman–Crippen MR) is 132 cm³/mol. The molecule has 32 heavy (non-hydrogen) atoms. The summed E-state index contributed by atoms with van der Waals surface area (Å²) >= 11 is 4.83. The number of carbonyl (C=O) groups excluding carboxylic acids is 1. The van der Waals surface area contributed by atoms with Crippen molar-refractivity contribution in [2.45, 2.75) is 6.92 Å². The molecule has 0 bridgehead atoms. The van der Waals surface area contributed by atoms with Crippen LogP contribution < -0.4 is 14.5 Å². The van der Waals surface area contributed by atoms with Gasteiger partial charge in [-0.25, -0.2) is 4.98 Å². The first-order valence-electron chi connectivity index (χ1n) is 9.72. The maximum atomic E-state index is 13.6. The number of anilines is 1. The molecule has 0 fully saturated rings. The van der Waals surface area contributed by atoms with E-state index >= 15 is 0 Å². The van der Waals surface area contributed by atoms with Crippen molar-refractivity contribution >= 4 is 54.7 Å². The second-order valence-electron chi connectivity index (χ2n) is 6.92. The van der Waals surface area contributed by atoms with E-state index in [1.807, 2.05) is 49.4 Å². The van der Waals surface area contributed by atoms with Crippen LogP contribution in [-0.2, 0) is 0 Å². The fourth-order valence-electron chi connectivity index (χ4n) is 3.14. The van der Waals surface area contributed by atoms with E-state index in [0.29, 0.717) is 22.2 Å². The highest BCUT2D eigenvalue weighted by atomic mass is 79.9. The average Bonchev–Trinajstić information content (AvgIpc) is 3.22. The molecule has 0 aliphatic carbocycles. The zero-order valence-corrected chi connectivity index (χ0v) is 20.1. The number of aryl methyl sites for hydroxylation is 1. The third-order valence-electron chi connectivity index (χ3n) is 4.73. The van der Waals surface area contributed by atoms with Gasteiger partial charge >= 0.3 is 0 Å². The smallest absolute Gasteiger partial charge is 0.284 e. The monoisotopic (exact) mass is 509 g/mol. The Morgan fingerprint density at radius 3 is 2.59 bits per heavy atom. The van der Waals surface area contributed by atoms with Gasteiger partial charge in [-0.3, -0.25) is 4.79 Å². The molecule has 0 N–H and O–H groups in total. The molecule has 0 aliphatic heterocycles. The van der Waals surface area contributed by atoms with E-state index in [1.165, 1.54) is 30.6 Å². The van der Waals surface area contributed by atoms with E-state index in [2.05, 4.69) is 26.0 Å². The van der Waals surface area contributed by atoms with E-state index < -0.39 is 0 Å². The number of thiazole rings is 1. The summed E-state index contributed by atoms with van der Waals surface area (Å²) < 4.78 is 12.8. The normalized spacial score (nSPS) is 11.1. The van der Waals surface area contributed by atoms with Gasteiger partial charge in [-0.15, -0.1) is 0 Å². The Labute approximate surface area is 198 Å². The quantitative estimate of drug-likeness (QED) is 0.234. The number of para-hydroxylation sites is 1. The molecule has 6 nitrogen and oxygen atoms in total. The van der Waals surface area contributed by atoms with Crippen LogP contribution in [0.25, 0.3) is 10.2 Å². The van der Waals surface area contributed by atoms with Gasteiger partial charge < -0.3 is 9.47 Å². The molecule has 0 saturated heterocycles. The first-order chi connectivity index (χ1) is 15.5. The van der Waals surface area contributed by atoms with Crippen molar-refractivity contribution in [1.82, 2.24) is 4.98 Å². The number of hydrazone groups is 1. The van der Waals surface area contributed by atoms with E-state index in [1.54, 1.807) is 24.4 Å². The Morgan fingerprint density at radius 1 is 1.09 bits per heavy atom. The van der Waals surface area contributed by atoms with E-state index in [0.717, 1.165) is 25.8 Å². The molecule has 3 aromatic carbocycles. The SMILES string of the molecule is COc1cccc(C(=O)N(/N=C/c2ccc(Br)cc2)c2nc3ccc(C)cc3s2)c1OC. The van der Waals surface area contributed by atoms with E-state index in [-0.39, 0.29) is 5.91 Å². The second kappa shape index (κ2) is 9.50. The number of ether oxygens (including phenoxy) is 2. The number of nitrogens with zero attached hydrogens (tertiary/aromatic N) is 3. The number of aromatic nitrogens is 1. The lowest BCUT2D eigenvalue weighted by molar-refractivity contribution is 0.0984. The molecule has 162 valence electrons. The molecular weight excluding hydrogens is 490 g/mol. The fraction of sp³-hybridized carbons (Fsp3) is 0.125. The lowest BCUT2D eigenvalue weighted by Gasteiger charge is -2.17. The molecule has 1 aromatic heterocycles. The zero-order valence-electron chi connectivity index (χ0n) is 17.7. The van der Waals surface area contributed by atoms with E-state index in [4.69, 9.17) is 9.47 Å². The Balaban J connectivity index is 1.81. The minimum atomic E-state index is -0.370. The van der Waals surface area contributed by atoms with Crippen molar-refractivity contribution in [3.63, 3.8) is 0 Å². The predicted octanol–water partition coefficient (Wildman–Crippen LogP) is 6.07. The second-order valence-corrected chi connectivity index (χ2v) is 8.85. The van der Waals surface area contributed by atoms with Gasteiger partial charge in [0.15, 0.2) is 11.5 Å². The summed E-state index contributed by atoms with van der Waals surface area (Å²) in [5.41, 5.74) is 3.11. The molecule has 1 heterocycles. The van der Waals surface area contributed by atoms with Crippen LogP contribution in [0.5, 0.6) is 11.5 Å². The molecule has 4 rings (SSSR count). The van der Waals surface area contributed by atoms with Crippen LogP contribution in [0.15, 0.2) is 70.2 Å². The summed E-state index contributed by atoms with van der Waals surface area (Å²) in [6, 6.07) is 18.8. The largest absolute Gasteiger partial charge is 0.493 e. The van der Waals surface area contributed by atoms with Crippen molar-refractivity contribution in [1.29, 1.82) is 0 Å². The summed E-state index contributed by atoms with van der Waals surface area (Å²) in [7, 11) is 3.04. The van der Waals surface area contributed by atoms with Crippen LogP contribution in [0.2, 0.25) is 0 Å². The Kier molecular flexibility index (Phi) is 6.53. The highest BCUT2D eigenvalue weighted by Gasteiger charge is 2.25. The highest BCUT2D eigenvalue weighted by Crippen LogP contribution is 2.35. The maximum absolute atomic E-state index is 13.6. The van der Waals surface area contributed by atoms with Gasteiger partial charge in [0.25, 0.3) is 5.91 Å². The van der Waals surface area contributed by atoms with Gasteiger partial charge in [-0.2, -0.15) is 10.1 Å². The summed E-state index contributed by atoms with van der Waals surface area (Å²) in [5.74, 6) is 0.445.